The Hall–Kier alpha value is -2.04. The van der Waals surface area contributed by atoms with Gasteiger partial charge in [0.25, 0.3) is 0 Å². The first kappa shape index (κ1) is 16.0. The van der Waals surface area contributed by atoms with E-state index in [0.29, 0.717) is 24.7 Å². The molecule has 110 valence electrons. The largest absolute Gasteiger partial charge is 0.478 e. The summed E-state index contributed by atoms with van der Waals surface area (Å²) in [4.78, 5) is 25.0. The first-order valence-corrected chi connectivity index (χ1v) is 6.75. The number of urea groups is 1. The number of aryl methyl sites for hydroxylation is 1. The van der Waals surface area contributed by atoms with E-state index in [2.05, 4.69) is 5.32 Å². The lowest BCUT2D eigenvalue weighted by Gasteiger charge is -2.23. The molecule has 0 fully saturated rings. The number of rotatable bonds is 5. The van der Waals surface area contributed by atoms with Crippen molar-refractivity contribution in [2.24, 2.45) is 5.92 Å². The number of carbonyl (C=O) groups is 2. The van der Waals surface area contributed by atoms with Gasteiger partial charge in [-0.3, -0.25) is 0 Å². The summed E-state index contributed by atoms with van der Waals surface area (Å²) in [6, 6.07) is 4.68. The Labute approximate surface area is 119 Å². The second-order valence-corrected chi connectivity index (χ2v) is 5.22. The molecule has 0 unspecified atom stereocenters. The molecule has 0 radical (unpaired) electrons. The van der Waals surface area contributed by atoms with E-state index in [9.17, 15) is 14.7 Å². The number of hydrogen-bond acceptors (Lipinski definition) is 2. The standard InChI is InChI=1S/C15H22N2O3/c1-5-17(9-10(2)3)15(20)16-13-7-6-11(4)8-12(13)14(18)19/h6-8,10H,5,9H2,1-4H3,(H,16,20)(H,18,19). The molecule has 0 aliphatic heterocycles. The van der Waals surface area contributed by atoms with Crippen molar-refractivity contribution in [2.45, 2.75) is 27.7 Å². The van der Waals surface area contributed by atoms with Gasteiger partial charge in [-0.2, -0.15) is 0 Å². The zero-order valence-electron chi connectivity index (χ0n) is 12.4. The number of carbonyl (C=O) groups excluding carboxylic acids is 1. The van der Waals surface area contributed by atoms with Gasteiger partial charge in [-0.1, -0.05) is 25.5 Å². The molecule has 0 saturated heterocycles. The number of benzene rings is 1. The van der Waals surface area contributed by atoms with Gasteiger partial charge >= 0.3 is 12.0 Å². The van der Waals surface area contributed by atoms with Crippen LogP contribution in [0.1, 0.15) is 36.7 Å². The van der Waals surface area contributed by atoms with Crippen LogP contribution in [0.4, 0.5) is 10.5 Å². The topological polar surface area (TPSA) is 69.6 Å². The summed E-state index contributed by atoms with van der Waals surface area (Å²) >= 11 is 0. The number of carboxylic acids is 1. The number of carboxylic acid groups (broad SMARTS) is 1. The molecule has 0 aliphatic carbocycles. The number of nitrogens with zero attached hydrogens (tertiary/aromatic N) is 1. The summed E-state index contributed by atoms with van der Waals surface area (Å²) in [5.41, 5.74) is 1.28. The van der Waals surface area contributed by atoms with Crippen molar-refractivity contribution in [1.82, 2.24) is 4.90 Å². The Morgan fingerprint density at radius 2 is 2.00 bits per heavy atom. The third-order valence-corrected chi connectivity index (χ3v) is 2.90. The summed E-state index contributed by atoms with van der Waals surface area (Å²) in [5.74, 6) is -0.687. The first-order valence-electron chi connectivity index (χ1n) is 6.75. The van der Waals surface area contributed by atoms with Gasteiger partial charge in [0.2, 0.25) is 0 Å². The third kappa shape index (κ3) is 4.26. The molecule has 0 spiro atoms. The fraction of sp³-hybridized carbons (Fsp3) is 0.467. The highest BCUT2D eigenvalue weighted by molar-refractivity contribution is 6.00. The highest BCUT2D eigenvalue weighted by atomic mass is 16.4. The van der Waals surface area contributed by atoms with E-state index < -0.39 is 5.97 Å². The second kappa shape index (κ2) is 6.93. The highest BCUT2D eigenvalue weighted by Gasteiger charge is 2.17. The summed E-state index contributed by atoms with van der Waals surface area (Å²) in [5, 5.41) is 11.9. The van der Waals surface area contributed by atoms with Crippen LogP contribution in [0.2, 0.25) is 0 Å². The van der Waals surface area contributed by atoms with E-state index in [4.69, 9.17) is 0 Å². The summed E-state index contributed by atoms with van der Waals surface area (Å²) < 4.78 is 0. The first-order chi connectivity index (χ1) is 9.35. The number of hydrogen-bond donors (Lipinski definition) is 2. The average Bonchev–Trinajstić information content (AvgIpc) is 2.37. The maximum Gasteiger partial charge on any atom is 0.337 e. The van der Waals surface area contributed by atoms with E-state index >= 15 is 0 Å². The van der Waals surface area contributed by atoms with Gasteiger partial charge in [0, 0.05) is 13.1 Å². The fourth-order valence-corrected chi connectivity index (χ4v) is 1.93. The van der Waals surface area contributed by atoms with Crippen molar-refractivity contribution in [1.29, 1.82) is 0 Å². The van der Waals surface area contributed by atoms with Crippen molar-refractivity contribution in [3.05, 3.63) is 29.3 Å². The molecule has 0 aromatic heterocycles. The van der Waals surface area contributed by atoms with E-state index in [0.717, 1.165) is 5.56 Å². The van der Waals surface area contributed by atoms with Crippen LogP contribution in [-0.2, 0) is 0 Å². The molecule has 1 rings (SSSR count). The lowest BCUT2D eigenvalue weighted by atomic mass is 10.1. The van der Waals surface area contributed by atoms with Gasteiger partial charge in [-0.25, -0.2) is 9.59 Å². The fourth-order valence-electron chi connectivity index (χ4n) is 1.93. The van der Waals surface area contributed by atoms with Gasteiger partial charge in [0.05, 0.1) is 11.3 Å². The van der Waals surface area contributed by atoms with Crippen LogP contribution in [-0.4, -0.2) is 35.1 Å². The number of anilines is 1. The lowest BCUT2D eigenvalue weighted by molar-refractivity contribution is 0.0698. The van der Waals surface area contributed by atoms with Crippen molar-refractivity contribution >= 4 is 17.7 Å². The van der Waals surface area contributed by atoms with E-state index in [1.165, 1.54) is 0 Å². The molecular weight excluding hydrogens is 256 g/mol. The maximum absolute atomic E-state index is 12.2. The Bertz CT molecular complexity index is 498. The molecule has 2 N–H and O–H groups in total. The lowest BCUT2D eigenvalue weighted by Crippen LogP contribution is -2.37. The molecule has 0 saturated carbocycles. The van der Waals surface area contributed by atoms with Crippen molar-refractivity contribution in [3.63, 3.8) is 0 Å². The molecule has 5 heteroatoms. The minimum atomic E-state index is -1.05. The predicted octanol–water partition coefficient (Wildman–Crippen LogP) is 3.20. The Morgan fingerprint density at radius 3 is 2.50 bits per heavy atom. The Balaban J connectivity index is 2.92. The number of aromatic carboxylic acids is 1. The number of nitrogens with one attached hydrogen (secondary N) is 1. The van der Waals surface area contributed by atoms with Crippen molar-refractivity contribution in [3.8, 4) is 0 Å². The minimum Gasteiger partial charge on any atom is -0.478 e. The van der Waals surface area contributed by atoms with Gasteiger partial charge in [0.1, 0.15) is 0 Å². The third-order valence-electron chi connectivity index (χ3n) is 2.90. The van der Waals surface area contributed by atoms with Crippen LogP contribution in [0, 0.1) is 12.8 Å². The molecule has 0 atom stereocenters. The van der Waals surface area contributed by atoms with Crippen molar-refractivity contribution in [2.75, 3.05) is 18.4 Å². The smallest absolute Gasteiger partial charge is 0.337 e. The molecule has 20 heavy (non-hydrogen) atoms. The SMILES string of the molecule is CCN(CC(C)C)C(=O)Nc1ccc(C)cc1C(=O)O. The molecule has 0 bridgehead atoms. The van der Waals surface area contributed by atoms with E-state index in [1.54, 1.807) is 23.1 Å². The Kier molecular flexibility index (Phi) is 5.55. The molecule has 1 aromatic rings. The zero-order chi connectivity index (χ0) is 15.3. The van der Waals surface area contributed by atoms with Gasteiger partial charge in [-0.05, 0) is 31.9 Å². The average molecular weight is 278 g/mol. The number of amides is 2. The molecule has 2 amide bonds. The van der Waals surface area contributed by atoms with Crippen LogP contribution < -0.4 is 5.32 Å². The van der Waals surface area contributed by atoms with Gasteiger partial charge in [-0.15, -0.1) is 0 Å². The molecule has 0 aliphatic rings. The van der Waals surface area contributed by atoms with Crippen LogP contribution >= 0.6 is 0 Å². The maximum atomic E-state index is 12.2. The molecule has 5 nitrogen and oxygen atoms in total. The second-order valence-electron chi connectivity index (χ2n) is 5.22. The minimum absolute atomic E-state index is 0.110. The molecular formula is C15H22N2O3. The van der Waals surface area contributed by atoms with Crippen molar-refractivity contribution < 1.29 is 14.7 Å². The zero-order valence-corrected chi connectivity index (χ0v) is 12.4. The van der Waals surface area contributed by atoms with Crippen LogP contribution in [0.3, 0.4) is 0 Å². The Morgan fingerprint density at radius 1 is 1.35 bits per heavy atom. The predicted molar refractivity (Wildman–Crippen MR) is 79.2 cm³/mol. The van der Waals surface area contributed by atoms with Gasteiger partial charge in [0.15, 0.2) is 0 Å². The van der Waals surface area contributed by atoms with E-state index in [1.807, 2.05) is 27.7 Å². The monoisotopic (exact) mass is 278 g/mol. The van der Waals surface area contributed by atoms with Gasteiger partial charge < -0.3 is 15.3 Å². The molecule has 1 aromatic carbocycles. The summed E-state index contributed by atoms with van der Waals surface area (Å²) in [7, 11) is 0. The van der Waals surface area contributed by atoms with Crippen LogP contribution in [0.5, 0.6) is 0 Å². The quantitative estimate of drug-likeness (QED) is 0.869. The van der Waals surface area contributed by atoms with Crippen LogP contribution in [0.15, 0.2) is 18.2 Å². The summed E-state index contributed by atoms with van der Waals surface area (Å²) in [6.45, 7) is 8.99. The molecule has 0 heterocycles. The van der Waals surface area contributed by atoms with Crippen LogP contribution in [0.25, 0.3) is 0 Å². The normalized spacial score (nSPS) is 10.4. The van der Waals surface area contributed by atoms with E-state index in [-0.39, 0.29) is 11.6 Å². The highest BCUT2D eigenvalue weighted by Crippen LogP contribution is 2.18. The summed E-state index contributed by atoms with van der Waals surface area (Å²) in [6.07, 6.45) is 0.